The fourth-order valence-corrected chi connectivity index (χ4v) is 1.88. The molecule has 19 heavy (non-hydrogen) atoms. The number of halogens is 1. The molecule has 0 aliphatic carbocycles. The molecule has 0 bridgehead atoms. The standard InChI is InChI=1S/C14H10BrNO3/c15-12-8-10(4-6-14(17)18)3-5-13(12)19-11-2-1-7-16-9-11/h1-9H,(H,17,18)/b6-4+. The van der Waals surface area contributed by atoms with E-state index in [9.17, 15) is 4.79 Å². The van der Waals surface area contributed by atoms with Crippen molar-refractivity contribution >= 4 is 28.0 Å². The minimum absolute atomic E-state index is 0.636. The normalized spacial score (nSPS) is 10.6. The fourth-order valence-electron chi connectivity index (χ4n) is 1.41. The smallest absolute Gasteiger partial charge is 0.328 e. The summed E-state index contributed by atoms with van der Waals surface area (Å²) < 4.78 is 6.38. The van der Waals surface area contributed by atoms with Crippen molar-refractivity contribution in [1.82, 2.24) is 4.98 Å². The molecule has 0 saturated heterocycles. The van der Waals surface area contributed by atoms with Gasteiger partial charge in [-0.3, -0.25) is 4.98 Å². The van der Waals surface area contributed by atoms with Gasteiger partial charge in [-0.2, -0.15) is 0 Å². The van der Waals surface area contributed by atoms with Crippen LogP contribution in [0.4, 0.5) is 0 Å². The molecule has 1 heterocycles. The first-order valence-corrected chi connectivity index (χ1v) is 6.23. The zero-order valence-corrected chi connectivity index (χ0v) is 11.4. The minimum atomic E-state index is -0.980. The number of pyridine rings is 1. The summed E-state index contributed by atoms with van der Waals surface area (Å²) >= 11 is 3.38. The van der Waals surface area contributed by atoms with Crippen molar-refractivity contribution in [2.75, 3.05) is 0 Å². The Hall–Kier alpha value is -2.14. The van der Waals surface area contributed by atoms with Gasteiger partial charge in [-0.1, -0.05) is 6.07 Å². The van der Waals surface area contributed by atoms with Gasteiger partial charge >= 0.3 is 5.97 Å². The van der Waals surface area contributed by atoms with E-state index in [1.807, 2.05) is 0 Å². The maximum absolute atomic E-state index is 10.4. The van der Waals surface area contributed by atoms with E-state index in [4.69, 9.17) is 9.84 Å². The van der Waals surface area contributed by atoms with Crippen LogP contribution in [0.25, 0.3) is 6.08 Å². The molecule has 1 aromatic carbocycles. The highest BCUT2D eigenvalue weighted by Crippen LogP contribution is 2.30. The number of hydrogen-bond acceptors (Lipinski definition) is 3. The average molecular weight is 320 g/mol. The number of carbonyl (C=O) groups is 1. The monoisotopic (exact) mass is 319 g/mol. The maximum Gasteiger partial charge on any atom is 0.328 e. The zero-order valence-electron chi connectivity index (χ0n) is 9.79. The summed E-state index contributed by atoms with van der Waals surface area (Å²) in [5.41, 5.74) is 0.771. The highest BCUT2D eigenvalue weighted by atomic mass is 79.9. The fraction of sp³-hybridized carbons (Fsp3) is 0. The molecule has 0 spiro atoms. The van der Waals surface area contributed by atoms with E-state index in [0.29, 0.717) is 11.5 Å². The number of carboxylic acids is 1. The maximum atomic E-state index is 10.4. The number of carboxylic acid groups (broad SMARTS) is 1. The summed E-state index contributed by atoms with van der Waals surface area (Å²) in [7, 11) is 0. The number of nitrogens with zero attached hydrogens (tertiary/aromatic N) is 1. The van der Waals surface area contributed by atoms with Crippen molar-refractivity contribution in [2.45, 2.75) is 0 Å². The Balaban J connectivity index is 2.18. The lowest BCUT2D eigenvalue weighted by atomic mass is 10.2. The van der Waals surface area contributed by atoms with Crippen molar-refractivity contribution in [3.8, 4) is 11.5 Å². The Kier molecular flexibility index (Phi) is 4.30. The van der Waals surface area contributed by atoms with Crippen molar-refractivity contribution in [3.05, 3.63) is 58.8 Å². The average Bonchev–Trinajstić information content (AvgIpc) is 2.40. The molecule has 0 saturated carbocycles. The van der Waals surface area contributed by atoms with Gasteiger partial charge in [0, 0.05) is 12.3 Å². The third-order valence-electron chi connectivity index (χ3n) is 2.24. The van der Waals surface area contributed by atoms with E-state index in [0.717, 1.165) is 16.1 Å². The lowest BCUT2D eigenvalue weighted by molar-refractivity contribution is -0.131. The Bertz CT molecular complexity index is 611. The quantitative estimate of drug-likeness (QED) is 0.872. The molecular weight excluding hydrogens is 310 g/mol. The molecule has 2 aromatic rings. The van der Waals surface area contributed by atoms with E-state index < -0.39 is 5.97 Å². The van der Waals surface area contributed by atoms with E-state index in [1.165, 1.54) is 6.08 Å². The van der Waals surface area contributed by atoms with Crippen molar-refractivity contribution in [2.24, 2.45) is 0 Å². The molecule has 0 aliphatic rings. The number of aromatic nitrogens is 1. The molecule has 0 radical (unpaired) electrons. The summed E-state index contributed by atoms with van der Waals surface area (Å²) in [6, 6.07) is 8.91. The van der Waals surface area contributed by atoms with Gasteiger partial charge in [0.05, 0.1) is 10.7 Å². The van der Waals surface area contributed by atoms with Crippen LogP contribution in [0.15, 0.2) is 53.3 Å². The lowest BCUT2D eigenvalue weighted by Crippen LogP contribution is -1.88. The topological polar surface area (TPSA) is 59.4 Å². The summed E-state index contributed by atoms with van der Waals surface area (Å²) in [5.74, 6) is 0.296. The molecule has 5 heteroatoms. The van der Waals surface area contributed by atoms with Gasteiger partial charge in [-0.15, -0.1) is 0 Å². The number of rotatable bonds is 4. The molecule has 0 fully saturated rings. The van der Waals surface area contributed by atoms with Crippen LogP contribution in [0.5, 0.6) is 11.5 Å². The minimum Gasteiger partial charge on any atom is -0.478 e. The van der Waals surface area contributed by atoms with E-state index in [-0.39, 0.29) is 0 Å². The molecule has 1 aromatic heterocycles. The van der Waals surface area contributed by atoms with Gasteiger partial charge in [0.15, 0.2) is 0 Å². The zero-order chi connectivity index (χ0) is 13.7. The highest BCUT2D eigenvalue weighted by molar-refractivity contribution is 9.10. The molecule has 2 rings (SSSR count). The van der Waals surface area contributed by atoms with Gasteiger partial charge in [0.2, 0.25) is 0 Å². The first kappa shape index (κ1) is 13.3. The van der Waals surface area contributed by atoms with Crippen LogP contribution in [0.1, 0.15) is 5.56 Å². The van der Waals surface area contributed by atoms with Crippen LogP contribution in [0, 0.1) is 0 Å². The summed E-state index contributed by atoms with van der Waals surface area (Å²) in [4.78, 5) is 14.4. The van der Waals surface area contributed by atoms with Crippen LogP contribution in [0.2, 0.25) is 0 Å². The van der Waals surface area contributed by atoms with Crippen LogP contribution >= 0.6 is 15.9 Å². The number of ether oxygens (including phenoxy) is 1. The van der Waals surface area contributed by atoms with Gasteiger partial charge in [0.25, 0.3) is 0 Å². The van der Waals surface area contributed by atoms with Gasteiger partial charge in [-0.25, -0.2) is 4.79 Å². The summed E-state index contributed by atoms with van der Waals surface area (Å²) in [6.07, 6.45) is 5.89. The van der Waals surface area contributed by atoms with E-state index in [1.54, 1.807) is 42.7 Å². The van der Waals surface area contributed by atoms with Gasteiger partial charge in [0.1, 0.15) is 11.5 Å². The SMILES string of the molecule is O=C(O)/C=C/c1ccc(Oc2cccnc2)c(Br)c1. The van der Waals surface area contributed by atoms with Crippen LogP contribution in [-0.4, -0.2) is 16.1 Å². The van der Waals surface area contributed by atoms with Crippen LogP contribution < -0.4 is 4.74 Å². The Morgan fingerprint density at radius 1 is 1.37 bits per heavy atom. The molecule has 0 atom stereocenters. The summed E-state index contributed by atoms with van der Waals surface area (Å²) in [6.45, 7) is 0. The number of benzene rings is 1. The second kappa shape index (κ2) is 6.15. The third-order valence-corrected chi connectivity index (χ3v) is 2.86. The van der Waals surface area contributed by atoms with Gasteiger partial charge in [-0.05, 0) is 51.8 Å². The molecule has 4 nitrogen and oxygen atoms in total. The molecule has 0 amide bonds. The predicted molar refractivity (Wildman–Crippen MR) is 75.1 cm³/mol. The second-order valence-electron chi connectivity index (χ2n) is 3.65. The second-order valence-corrected chi connectivity index (χ2v) is 4.51. The van der Waals surface area contributed by atoms with Crippen molar-refractivity contribution < 1.29 is 14.6 Å². The van der Waals surface area contributed by atoms with E-state index >= 15 is 0 Å². The first-order chi connectivity index (χ1) is 9.15. The summed E-state index contributed by atoms with van der Waals surface area (Å²) in [5, 5.41) is 8.56. The van der Waals surface area contributed by atoms with Crippen LogP contribution in [0.3, 0.4) is 0 Å². The Morgan fingerprint density at radius 3 is 2.84 bits per heavy atom. The van der Waals surface area contributed by atoms with E-state index in [2.05, 4.69) is 20.9 Å². The molecule has 0 aliphatic heterocycles. The Labute approximate surface area is 118 Å². The molecular formula is C14H10BrNO3. The highest BCUT2D eigenvalue weighted by Gasteiger charge is 2.03. The predicted octanol–water partition coefficient (Wildman–Crippen LogP) is 3.73. The number of hydrogen-bond donors (Lipinski definition) is 1. The largest absolute Gasteiger partial charge is 0.478 e. The lowest BCUT2D eigenvalue weighted by Gasteiger charge is -2.07. The first-order valence-electron chi connectivity index (χ1n) is 5.43. The van der Waals surface area contributed by atoms with Crippen molar-refractivity contribution in [3.63, 3.8) is 0 Å². The number of aliphatic carboxylic acids is 1. The van der Waals surface area contributed by atoms with Crippen LogP contribution in [-0.2, 0) is 4.79 Å². The van der Waals surface area contributed by atoms with Gasteiger partial charge < -0.3 is 9.84 Å². The van der Waals surface area contributed by atoms with Crippen molar-refractivity contribution in [1.29, 1.82) is 0 Å². The molecule has 1 N–H and O–H groups in total. The third kappa shape index (κ3) is 3.93. The molecule has 0 unspecified atom stereocenters. The Morgan fingerprint density at radius 2 is 2.21 bits per heavy atom. The molecule has 96 valence electrons.